The average molecular weight is 417 g/mol. The van der Waals surface area contributed by atoms with E-state index < -0.39 is 0 Å². The van der Waals surface area contributed by atoms with E-state index in [4.69, 9.17) is 0 Å². The van der Waals surface area contributed by atoms with Gasteiger partial charge in [0.25, 0.3) is 0 Å². The lowest BCUT2D eigenvalue weighted by Crippen LogP contribution is -2.25. The number of halogens is 2. The largest absolute Gasteiger partial charge is 0.341 e. The van der Waals surface area contributed by atoms with Gasteiger partial charge < -0.3 is 4.90 Å². The highest BCUT2D eigenvalue weighted by molar-refractivity contribution is 9.11. The summed E-state index contributed by atoms with van der Waals surface area (Å²) >= 11 is 8.55. The van der Waals surface area contributed by atoms with Crippen LogP contribution in [0.4, 0.5) is 0 Å². The summed E-state index contributed by atoms with van der Waals surface area (Å²) < 4.78 is 2.15. The van der Waals surface area contributed by atoms with Gasteiger partial charge in [-0.2, -0.15) is 0 Å². The maximum atomic E-state index is 12.1. The number of thiophene rings is 1. The molecule has 1 aromatic carbocycles. The molecule has 0 spiro atoms. The first-order valence-electron chi connectivity index (χ1n) is 6.27. The van der Waals surface area contributed by atoms with Gasteiger partial charge >= 0.3 is 0 Å². The molecule has 2 aromatic rings. The van der Waals surface area contributed by atoms with E-state index in [9.17, 15) is 4.79 Å². The fraction of sp³-hybridized carbons (Fsp3) is 0.267. The Bertz CT molecular complexity index is 597. The Kier molecular flexibility index (Phi) is 5.81. The molecule has 0 saturated carbocycles. The Morgan fingerprint density at radius 1 is 1.25 bits per heavy atom. The van der Waals surface area contributed by atoms with Crippen molar-refractivity contribution < 1.29 is 4.79 Å². The van der Waals surface area contributed by atoms with E-state index in [-0.39, 0.29) is 5.91 Å². The minimum absolute atomic E-state index is 0.175. The summed E-state index contributed by atoms with van der Waals surface area (Å²) in [5.41, 5.74) is 1.18. The van der Waals surface area contributed by atoms with Crippen molar-refractivity contribution in [2.45, 2.75) is 19.4 Å². The molecule has 1 heterocycles. The van der Waals surface area contributed by atoms with Gasteiger partial charge in [0.2, 0.25) is 5.91 Å². The fourth-order valence-corrected chi connectivity index (χ4v) is 3.88. The van der Waals surface area contributed by atoms with Gasteiger partial charge in [0.05, 0.1) is 10.3 Å². The number of aryl methyl sites for hydroxylation is 1. The molecule has 0 unspecified atom stereocenters. The van der Waals surface area contributed by atoms with Gasteiger partial charge in [-0.3, -0.25) is 4.79 Å². The minimum atomic E-state index is 0.175. The van der Waals surface area contributed by atoms with E-state index in [0.29, 0.717) is 13.0 Å². The number of carbonyl (C=O) groups excluding carboxylic acids is 1. The molecular formula is C15H15Br2NOS. The van der Waals surface area contributed by atoms with Crippen LogP contribution in [0.3, 0.4) is 0 Å². The van der Waals surface area contributed by atoms with Crippen LogP contribution in [0.2, 0.25) is 0 Å². The molecule has 0 fully saturated rings. The summed E-state index contributed by atoms with van der Waals surface area (Å²) in [7, 11) is 1.86. The minimum Gasteiger partial charge on any atom is -0.341 e. The van der Waals surface area contributed by atoms with Crippen molar-refractivity contribution in [3.63, 3.8) is 0 Å². The molecule has 0 aliphatic rings. The molecule has 106 valence electrons. The van der Waals surface area contributed by atoms with E-state index in [1.54, 1.807) is 16.2 Å². The molecule has 1 aromatic heterocycles. The Balaban J connectivity index is 1.85. The first-order chi connectivity index (χ1) is 9.54. The monoisotopic (exact) mass is 415 g/mol. The quantitative estimate of drug-likeness (QED) is 0.681. The molecular weight excluding hydrogens is 402 g/mol. The van der Waals surface area contributed by atoms with Gasteiger partial charge in [0.15, 0.2) is 0 Å². The van der Waals surface area contributed by atoms with Gasteiger partial charge in [0.1, 0.15) is 0 Å². The number of hydrogen-bond donors (Lipinski definition) is 0. The highest BCUT2D eigenvalue weighted by atomic mass is 79.9. The van der Waals surface area contributed by atoms with Crippen molar-refractivity contribution in [3.8, 4) is 0 Å². The second-order valence-electron chi connectivity index (χ2n) is 4.59. The predicted molar refractivity (Wildman–Crippen MR) is 91.0 cm³/mol. The molecule has 0 aliphatic carbocycles. The zero-order chi connectivity index (χ0) is 14.5. The fourth-order valence-electron chi connectivity index (χ4n) is 1.89. The van der Waals surface area contributed by atoms with Gasteiger partial charge in [-0.1, -0.05) is 28.1 Å². The van der Waals surface area contributed by atoms with Gasteiger partial charge in [-0.25, -0.2) is 0 Å². The Morgan fingerprint density at radius 2 is 2.05 bits per heavy atom. The maximum absolute atomic E-state index is 12.1. The van der Waals surface area contributed by atoms with Crippen LogP contribution in [0.15, 0.2) is 44.7 Å². The lowest BCUT2D eigenvalue weighted by Gasteiger charge is -2.16. The molecule has 2 rings (SSSR count). The lowest BCUT2D eigenvalue weighted by molar-refractivity contribution is -0.130. The van der Waals surface area contributed by atoms with Crippen LogP contribution >= 0.6 is 43.2 Å². The van der Waals surface area contributed by atoms with Crippen LogP contribution in [0.25, 0.3) is 0 Å². The molecule has 0 N–H and O–H groups in total. The summed E-state index contributed by atoms with van der Waals surface area (Å²) in [6.45, 7) is 0.674. The third-order valence-electron chi connectivity index (χ3n) is 2.96. The molecule has 0 bridgehead atoms. The second kappa shape index (κ2) is 7.38. The van der Waals surface area contributed by atoms with Crippen LogP contribution < -0.4 is 0 Å². The van der Waals surface area contributed by atoms with Crippen molar-refractivity contribution in [2.75, 3.05) is 7.05 Å². The first kappa shape index (κ1) is 15.7. The molecule has 2 nitrogen and oxygen atoms in total. The average Bonchev–Trinajstić information content (AvgIpc) is 2.81. The molecule has 20 heavy (non-hydrogen) atoms. The number of rotatable bonds is 5. The SMILES string of the molecule is CN(Cc1ccc(Br)s1)C(=O)CCc1cccc(Br)c1. The number of amides is 1. The van der Waals surface area contributed by atoms with Crippen LogP contribution in [-0.2, 0) is 17.8 Å². The van der Waals surface area contributed by atoms with Gasteiger partial charge in [-0.15, -0.1) is 11.3 Å². The van der Waals surface area contributed by atoms with E-state index in [2.05, 4.69) is 44.0 Å². The van der Waals surface area contributed by atoms with E-state index in [1.165, 1.54) is 10.4 Å². The van der Waals surface area contributed by atoms with Crippen LogP contribution in [0.5, 0.6) is 0 Å². The topological polar surface area (TPSA) is 20.3 Å². The second-order valence-corrected chi connectivity index (χ2v) is 8.05. The van der Waals surface area contributed by atoms with E-state index >= 15 is 0 Å². The van der Waals surface area contributed by atoms with Crippen molar-refractivity contribution >= 4 is 49.1 Å². The summed E-state index contributed by atoms with van der Waals surface area (Å²) in [6, 6.07) is 12.2. The van der Waals surface area contributed by atoms with Crippen molar-refractivity contribution in [3.05, 3.63) is 55.1 Å². The Morgan fingerprint density at radius 3 is 2.70 bits per heavy atom. The van der Waals surface area contributed by atoms with Crippen molar-refractivity contribution in [2.24, 2.45) is 0 Å². The zero-order valence-electron chi connectivity index (χ0n) is 11.1. The molecule has 0 saturated heterocycles. The molecule has 1 amide bonds. The van der Waals surface area contributed by atoms with Crippen molar-refractivity contribution in [1.82, 2.24) is 4.90 Å². The summed E-state index contributed by atoms with van der Waals surface area (Å²) in [5, 5.41) is 0. The zero-order valence-corrected chi connectivity index (χ0v) is 15.1. The van der Waals surface area contributed by atoms with Crippen LogP contribution in [0, 0.1) is 0 Å². The summed E-state index contributed by atoms with van der Waals surface area (Å²) in [4.78, 5) is 15.1. The smallest absolute Gasteiger partial charge is 0.222 e. The molecule has 0 radical (unpaired) electrons. The molecule has 0 atom stereocenters. The van der Waals surface area contributed by atoms with Gasteiger partial charge in [-0.05, 0) is 52.2 Å². The van der Waals surface area contributed by atoms with E-state index in [0.717, 1.165) is 14.7 Å². The highest BCUT2D eigenvalue weighted by Crippen LogP contribution is 2.23. The predicted octanol–water partition coefficient (Wildman–Crippen LogP) is 4.86. The Labute approximate surface area is 140 Å². The number of carbonyl (C=O) groups is 1. The van der Waals surface area contributed by atoms with Gasteiger partial charge in [0, 0.05) is 22.8 Å². The molecule has 5 heteroatoms. The third-order valence-corrected chi connectivity index (χ3v) is 5.07. The summed E-state index contributed by atoms with van der Waals surface area (Å²) in [6.07, 6.45) is 1.32. The number of nitrogens with zero attached hydrogens (tertiary/aromatic N) is 1. The summed E-state index contributed by atoms with van der Waals surface area (Å²) in [5.74, 6) is 0.175. The Hall–Kier alpha value is -0.650. The highest BCUT2D eigenvalue weighted by Gasteiger charge is 2.10. The third kappa shape index (κ3) is 4.72. The van der Waals surface area contributed by atoms with Crippen molar-refractivity contribution in [1.29, 1.82) is 0 Å². The molecule has 0 aliphatic heterocycles. The lowest BCUT2D eigenvalue weighted by atomic mass is 10.1. The normalized spacial score (nSPS) is 10.6. The standard InChI is InChI=1S/C15H15Br2NOS/c1-18(10-13-6-7-14(17)20-13)15(19)8-5-11-3-2-4-12(16)9-11/h2-4,6-7,9H,5,8,10H2,1H3. The van der Waals surface area contributed by atoms with E-state index in [1.807, 2.05) is 31.3 Å². The number of hydrogen-bond acceptors (Lipinski definition) is 2. The van der Waals surface area contributed by atoms with Crippen LogP contribution in [-0.4, -0.2) is 17.9 Å². The first-order valence-corrected chi connectivity index (χ1v) is 8.67. The maximum Gasteiger partial charge on any atom is 0.222 e. The van der Waals surface area contributed by atoms with Crippen LogP contribution in [0.1, 0.15) is 16.9 Å². The number of benzene rings is 1.